The zero-order valence-corrected chi connectivity index (χ0v) is 8.40. The van der Waals surface area contributed by atoms with Crippen LogP contribution >= 0.6 is 11.6 Å². The molecule has 4 nitrogen and oxygen atoms in total. The Labute approximate surface area is 86.6 Å². The highest BCUT2D eigenvalue weighted by atomic mass is 35.5. The first kappa shape index (κ1) is 10.8. The Morgan fingerprint density at radius 3 is 2.57 bits per heavy atom. The first-order valence-electron chi connectivity index (χ1n) is 4.11. The topological polar surface area (TPSA) is 52.4 Å². The van der Waals surface area contributed by atoms with Gasteiger partial charge in [-0.3, -0.25) is 10.1 Å². The van der Waals surface area contributed by atoms with E-state index in [0.717, 1.165) is 0 Å². The van der Waals surface area contributed by atoms with Gasteiger partial charge in [-0.05, 0) is 24.3 Å². The zero-order valence-electron chi connectivity index (χ0n) is 7.64. The van der Waals surface area contributed by atoms with Crippen molar-refractivity contribution in [2.24, 2.45) is 0 Å². The summed E-state index contributed by atoms with van der Waals surface area (Å²) in [5, 5.41) is 10.9. The van der Waals surface area contributed by atoms with Crippen molar-refractivity contribution >= 4 is 11.6 Å². The molecule has 0 aliphatic heterocycles. The number of nitro groups is 1. The molecule has 1 rings (SSSR count). The van der Waals surface area contributed by atoms with Crippen LogP contribution < -0.4 is 4.74 Å². The highest BCUT2D eigenvalue weighted by Crippen LogP contribution is 2.15. The summed E-state index contributed by atoms with van der Waals surface area (Å²) >= 11 is 5.66. The second-order valence-electron chi connectivity index (χ2n) is 2.90. The smallest absolute Gasteiger partial charge is 0.243 e. The Balaban J connectivity index is 2.46. The molecule has 0 heterocycles. The van der Waals surface area contributed by atoms with E-state index in [9.17, 15) is 10.1 Å². The Bertz CT molecular complexity index is 312. The maximum Gasteiger partial charge on any atom is 0.243 e. The van der Waals surface area contributed by atoms with Crippen LogP contribution in [0.4, 0.5) is 0 Å². The van der Waals surface area contributed by atoms with E-state index in [2.05, 4.69) is 0 Å². The van der Waals surface area contributed by atoms with Crippen LogP contribution in [0.3, 0.4) is 0 Å². The lowest BCUT2D eigenvalue weighted by Crippen LogP contribution is -2.23. The van der Waals surface area contributed by atoms with Gasteiger partial charge in [-0.1, -0.05) is 11.6 Å². The molecule has 1 aromatic rings. The summed E-state index contributed by atoms with van der Waals surface area (Å²) in [6.07, 6.45) is 0. The number of ether oxygens (including phenoxy) is 1. The molecule has 76 valence electrons. The van der Waals surface area contributed by atoms with Crippen LogP contribution in [0.15, 0.2) is 24.3 Å². The van der Waals surface area contributed by atoms with Gasteiger partial charge in [0.05, 0.1) is 0 Å². The van der Waals surface area contributed by atoms with Gasteiger partial charge in [-0.25, -0.2) is 0 Å². The van der Waals surface area contributed by atoms with Crippen LogP contribution in [0.1, 0.15) is 6.92 Å². The van der Waals surface area contributed by atoms with Crippen LogP contribution in [0.5, 0.6) is 5.75 Å². The molecule has 0 aliphatic rings. The Morgan fingerprint density at radius 2 is 2.07 bits per heavy atom. The van der Waals surface area contributed by atoms with E-state index in [4.69, 9.17) is 16.3 Å². The normalized spacial score (nSPS) is 12.1. The van der Waals surface area contributed by atoms with Crippen LogP contribution in [-0.4, -0.2) is 17.6 Å². The number of benzene rings is 1. The molecule has 0 amide bonds. The highest BCUT2D eigenvalue weighted by Gasteiger charge is 2.12. The number of rotatable bonds is 4. The minimum atomic E-state index is -0.703. The number of halogens is 1. The Morgan fingerprint density at radius 1 is 1.50 bits per heavy atom. The Hall–Kier alpha value is -1.29. The van der Waals surface area contributed by atoms with Gasteiger partial charge < -0.3 is 4.74 Å². The predicted octanol–water partition coefficient (Wildman–Crippen LogP) is 2.38. The van der Waals surface area contributed by atoms with E-state index in [-0.39, 0.29) is 11.5 Å². The molecule has 0 aliphatic carbocycles. The molecule has 0 radical (unpaired) electrons. The molecule has 14 heavy (non-hydrogen) atoms. The van der Waals surface area contributed by atoms with E-state index < -0.39 is 6.04 Å². The van der Waals surface area contributed by atoms with Crippen LogP contribution in [0, 0.1) is 10.1 Å². The zero-order chi connectivity index (χ0) is 10.6. The lowest BCUT2D eigenvalue weighted by Gasteiger charge is -2.06. The van der Waals surface area contributed by atoms with Crippen molar-refractivity contribution in [3.63, 3.8) is 0 Å². The summed E-state index contributed by atoms with van der Waals surface area (Å²) in [7, 11) is 0. The third-order valence-electron chi connectivity index (χ3n) is 1.66. The van der Waals surface area contributed by atoms with Crippen LogP contribution in [0.25, 0.3) is 0 Å². The van der Waals surface area contributed by atoms with Gasteiger partial charge in [-0.15, -0.1) is 0 Å². The molecule has 0 aromatic heterocycles. The van der Waals surface area contributed by atoms with Gasteiger partial charge in [0.2, 0.25) is 6.04 Å². The minimum Gasteiger partial charge on any atom is -0.486 e. The summed E-state index contributed by atoms with van der Waals surface area (Å²) < 4.78 is 5.18. The Kier molecular flexibility index (Phi) is 3.71. The molecule has 1 unspecified atom stereocenters. The van der Waals surface area contributed by atoms with Crippen molar-refractivity contribution in [2.75, 3.05) is 6.61 Å². The van der Waals surface area contributed by atoms with Crippen molar-refractivity contribution in [2.45, 2.75) is 13.0 Å². The first-order chi connectivity index (χ1) is 6.59. The van der Waals surface area contributed by atoms with E-state index in [1.54, 1.807) is 24.3 Å². The molecule has 0 fully saturated rings. The summed E-state index contributed by atoms with van der Waals surface area (Å²) in [6.45, 7) is 1.56. The van der Waals surface area contributed by atoms with Gasteiger partial charge in [0.15, 0.2) is 6.61 Å². The van der Waals surface area contributed by atoms with Gasteiger partial charge in [0, 0.05) is 16.9 Å². The van der Waals surface area contributed by atoms with E-state index in [1.807, 2.05) is 0 Å². The molecule has 1 atom stereocenters. The summed E-state index contributed by atoms with van der Waals surface area (Å²) in [5.74, 6) is 0.586. The third-order valence-corrected chi connectivity index (χ3v) is 1.92. The average molecular weight is 216 g/mol. The van der Waals surface area contributed by atoms with Crippen molar-refractivity contribution < 1.29 is 9.66 Å². The summed E-state index contributed by atoms with van der Waals surface area (Å²) in [5.41, 5.74) is 0. The maximum atomic E-state index is 10.3. The fourth-order valence-electron chi connectivity index (χ4n) is 0.809. The lowest BCUT2D eigenvalue weighted by molar-refractivity contribution is -0.520. The quantitative estimate of drug-likeness (QED) is 0.572. The standard InChI is InChI=1S/C9H10ClNO3/c1-7(11(12)13)6-14-9-4-2-8(10)3-5-9/h2-5,7H,6H2,1H3. The largest absolute Gasteiger partial charge is 0.486 e. The van der Waals surface area contributed by atoms with Gasteiger partial charge in [0.25, 0.3) is 0 Å². The van der Waals surface area contributed by atoms with Gasteiger partial charge >= 0.3 is 0 Å². The van der Waals surface area contributed by atoms with E-state index in [1.165, 1.54) is 6.92 Å². The fraction of sp³-hybridized carbons (Fsp3) is 0.333. The second-order valence-corrected chi connectivity index (χ2v) is 3.34. The fourth-order valence-corrected chi connectivity index (χ4v) is 0.934. The first-order valence-corrected chi connectivity index (χ1v) is 4.49. The molecule has 1 aromatic carbocycles. The van der Waals surface area contributed by atoms with Crippen LogP contribution in [-0.2, 0) is 0 Å². The summed E-state index contributed by atoms with van der Waals surface area (Å²) in [6, 6.07) is 6.00. The third kappa shape index (κ3) is 3.22. The lowest BCUT2D eigenvalue weighted by atomic mass is 10.3. The van der Waals surface area contributed by atoms with Gasteiger partial charge in [0.1, 0.15) is 5.75 Å². The molecule has 0 spiro atoms. The number of hydrogen-bond donors (Lipinski definition) is 0. The highest BCUT2D eigenvalue weighted by molar-refractivity contribution is 6.30. The number of nitrogens with zero attached hydrogens (tertiary/aromatic N) is 1. The van der Waals surface area contributed by atoms with Gasteiger partial charge in [-0.2, -0.15) is 0 Å². The van der Waals surface area contributed by atoms with Crippen LogP contribution in [0.2, 0.25) is 5.02 Å². The summed E-state index contributed by atoms with van der Waals surface area (Å²) in [4.78, 5) is 9.90. The monoisotopic (exact) mass is 215 g/mol. The minimum absolute atomic E-state index is 0.0641. The predicted molar refractivity (Wildman–Crippen MR) is 53.4 cm³/mol. The maximum absolute atomic E-state index is 10.3. The molecular weight excluding hydrogens is 206 g/mol. The molecule has 0 saturated carbocycles. The van der Waals surface area contributed by atoms with Crippen molar-refractivity contribution in [1.29, 1.82) is 0 Å². The van der Waals surface area contributed by atoms with Crippen molar-refractivity contribution in [3.05, 3.63) is 39.4 Å². The average Bonchev–Trinajstić information content (AvgIpc) is 2.16. The molecule has 0 bridgehead atoms. The van der Waals surface area contributed by atoms with Crippen molar-refractivity contribution in [3.8, 4) is 5.75 Å². The number of hydrogen-bond acceptors (Lipinski definition) is 3. The molecular formula is C9H10ClNO3. The molecule has 5 heteroatoms. The SMILES string of the molecule is CC(COc1ccc(Cl)cc1)[N+](=O)[O-]. The molecule has 0 N–H and O–H groups in total. The van der Waals surface area contributed by atoms with E-state index in [0.29, 0.717) is 10.8 Å². The second kappa shape index (κ2) is 4.81. The molecule has 0 saturated heterocycles. The van der Waals surface area contributed by atoms with E-state index >= 15 is 0 Å². The van der Waals surface area contributed by atoms with Crippen molar-refractivity contribution in [1.82, 2.24) is 0 Å².